The maximum absolute atomic E-state index is 14.4. The smallest absolute Gasteiger partial charge is 0.278 e. The monoisotopic (exact) mass is 381 g/mol. The third kappa shape index (κ3) is 3.04. The molecule has 6 nitrogen and oxygen atoms in total. The molecule has 26 heavy (non-hydrogen) atoms. The van der Waals surface area contributed by atoms with Gasteiger partial charge in [0, 0.05) is 12.3 Å². The van der Waals surface area contributed by atoms with Crippen molar-refractivity contribution in [2.75, 3.05) is 11.6 Å². The molecule has 0 fully saturated rings. The minimum absolute atomic E-state index is 0.190. The molecule has 1 aliphatic rings. The number of nitrogens with one attached hydrogen (secondary N) is 1. The van der Waals surface area contributed by atoms with Crippen LogP contribution in [-0.4, -0.2) is 32.3 Å². The Morgan fingerprint density at radius 3 is 2.62 bits per heavy atom. The second-order valence-electron chi connectivity index (χ2n) is 6.80. The minimum Gasteiger partial charge on any atom is -0.339 e. The van der Waals surface area contributed by atoms with Crippen LogP contribution in [0.25, 0.3) is 5.82 Å². The van der Waals surface area contributed by atoms with Crippen LogP contribution in [0.1, 0.15) is 45.0 Å². The topological polar surface area (TPSA) is 64.2 Å². The van der Waals surface area contributed by atoms with E-state index in [4.69, 9.17) is 0 Å². The highest BCUT2D eigenvalue weighted by Crippen LogP contribution is 2.29. The van der Waals surface area contributed by atoms with Crippen LogP contribution in [0.2, 0.25) is 0 Å². The van der Waals surface area contributed by atoms with E-state index in [0.29, 0.717) is 11.4 Å². The molecule has 1 N–H and O–H groups in total. The highest BCUT2D eigenvalue weighted by atomic mass is 32.2. The minimum atomic E-state index is -1.95. The normalized spacial score (nSPS) is 16.7. The van der Waals surface area contributed by atoms with E-state index in [2.05, 4.69) is 15.3 Å². The Labute approximate surface area is 154 Å². The molecule has 0 aliphatic carbocycles. The molecule has 2 aromatic heterocycles. The third-order valence-corrected chi connectivity index (χ3v) is 4.73. The standard InChI is InChI=1S/C17H21F2N5OS/c1-9(2)23-15(25)10-8-20-16(26-5)22-14(10)24(23)12-7-6-11(18)13(21-12)17(3,4)19/h6-9,16,22H,1-5H3. The summed E-state index contributed by atoms with van der Waals surface area (Å²) in [7, 11) is 0. The molecular formula is C17H21F2N5OS. The Bertz CT molecular complexity index is 926. The molecule has 0 saturated carbocycles. The van der Waals surface area contributed by atoms with Gasteiger partial charge in [-0.1, -0.05) is 0 Å². The lowest BCUT2D eigenvalue weighted by Crippen LogP contribution is -2.26. The predicted octanol–water partition coefficient (Wildman–Crippen LogP) is 3.45. The molecule has 3 rings (SSSR count). The number of pyridine rings is 1. The third-order valence-electron chi connectivity index (χ3n) is 4.04. The van der Waals surface area contributed by atoms with Crippen LogP contribution >= 0.6 is 11.8 Å². The molecule has 1 atom stereocenters. The lowest BCUT2D eigenvalue weighted by atomic mass is 10.1. The van der Waals surface area contributed by atoms with Crippen molar-refractivity contribution in [2.24, 2.45) is 4.99 Å². The molecule has 9 heteroatoms. The number of anilines is 1. The van der Waals surface area contributed by atoms with Gasteiger partial charge in [0.2, 0.25) is 0 Å². The van der Waals surface area contributed by atoms with Gasteiger partial charge in [-0.2, -0.15) is 0 Å². The van der Waals surface area contributed by atoms with Crippen molar-refractivity contribution in [3.63, 3.8) is 0 Å². The van der Waals surface area contributed by atoms with E-state index < -0.39 is 11.5 Å². The molecule has 1 aliphatic heterocycles. The summed E-state index contributed by atoms with van der Waals surface area (Å²) < 4.78 is 31.5. The highest BCUT2D eigenvalue weighted by Gasteiger charge is 2.29. The van der Waals surface area contributed by atoms with E-state index in [1.807, 2.05) is 20.1 Å². The molecule has 0 aromatic carbocycles. The number of rotatable bonds is 4. The summed E-state index contributed by atoms with van der Waals surface area (Å²) in [4.78, 5) is 21.3. The Morgan fingerprint density at radius 2 is 2.04 bits per heavy atom. The predicted molar refractivity (Wildman–Crippen MR) is 101 cm³/mol. The number of thioether (sulfide) groups is 1. The largest absolute Gasteiger partial charge is 0.339 e. The van der Waals surface area contributed by atoms with Crippen LogP contribution in [0.4, 0.5) is 14.6 Å². The van der Waals surface area contributed by atoms with Crippen LogP contribution in [0, 0.1) is 5.82 Å². The van der Waals surface area contributed by atoms with Crippen LogP contribution in [0.3, 0.4) is 0 Å². The van der Waals surface area contributed by atoms with Crippen molar-refractivity contribution in [3.8, 4) is 5.82 Å². The fourth-order valence-electron chi connectivity index (χ4n) is 2.87. The maximum atomic E-state index is 14.4. The summed E-state index contributed by atoms with van der Waals surface area (Å²) in [5.74, 6) is 0.0545. The summed E-state index contributed by atoms with van der Waals surface area (Å²) >= 11 is 1.47. The van der Waals surface area contributed by atoms with Gasteiger partial charge in [0.05, 0.1) is 0 Å². The number of fused-ring (bicyclic) bond motifs is 1. The first-order chi connectivity index (χ1) is 12.1. The first-order valence-corrected chi connectivity index (χ1v) is 9.50. The van der Waals surface area contributed by atoms with Gasteiger partial charge in [0.15, 0.2) is 11.3 Å². The first kappa shape index (κ1) is 18.6. The van der Waals surface area contributed by atoms with Gasteiger partial charge in [0.25, 0.3) is 5.56 Å². The van der Waals surface area contributed by atoms with E-state index in [0.717, 1.165) is 0 Å². The van der Waals surface area contributed by atoms with Crippen molar-refractivity contribution >= 4 is 23.8 Å². The number of hydrogen-bond donors (Lipinski definition) is 1. The zero-order chi connectivity index (χ0) is 19.2. The van der Waals surface area contributed by atoms with E-state index in [1.54, 1.807) is 4.68 Å². The molecule has 1 unspecified atom stereocenters. The zero-order valence-corrected chi connectivity index (χ0v) is 16.1. The molecular weight excluding hydrogens is 360 g/mol. The van der Waals surface area contributed by atoms with Crippen molar-refractivity contribution < 1.29 is 8.78 Å². The van der Waals surface area contributed by atoms with Crippen LogP contribution in [-0.2, 0) is 5.67 Å². The molecule has 2 aromatic rings. The van der Waals surface area contributed by atoms with Gasteiger partial charge in [0.1, 0.15) is 28.6 Å². The Balaban J connectivity index is 2.29. The summed E-state index contributed by atoms with van der Waals surface area (Å²) in [5, 5.41) is 3.18. The molecule has 140 valence electrons. The number of aliphatic imine (C=N–C) groups is 1. The molecule has 0 bridgehead atoms. The fraction of sp³-hybridized carbons (Fsp3) is 0.471. The van der Waals surface area contributed by atoms with Crippen LogP contribution < -0.4 is 10.9 Å². The van der Waals surface area contributed by atoms with Gasteiger partial charge >= 0.3 is 0 Å². The van der Waals surface area contributed by atoms with Crippen LogP contribution in [0.15, 0.2) is 21.9 Å². The molecule has 0 saturated heterocycles. The molecule has 3 heterocycles. The number of hydrogen-bond acceptors (Lipinski definition) is 5. The highest BCUT2D eigenvalue weighted by molar-refractivity contribution is 7.99. The van der Waals surface area contributed by atoms with Gasteiger partial charge < -0.3 is 5.32 Å². The van der Waals surface area contributed by atoms with Crippen molar-refractivity contribution in [1.29, 1.82) is 0 Å². The lowest BCUT2D eigenvalue weighted by Gasteiger charge is -2.22. The average molecular weight is 381 g/mol. The Kier molecular flexibility index (Phi) is 4.68. The summed E-state index contributed by atoms with van der Waals surface area (Å²) in [6.45, 7) is 6.21. The van der Waals surface area contributed by atoms with Crippen molar-refractivity contribution in [1.82, 2.24) is 14.3 Å². The van der Waals surface area contributed by atoms with Gasteiger partial charge in [-0.3, -0.25) is 9.79 Å². The lowest BCUT2D eigenvalue weighted by molar-refractivity contribution is 0.205. The SMILES string of the molecule is CSC1N=Cc2c(n(-c3ccc(F)c(C(C)(C)F)n3)n(C(C)C)c2=O)N1. The second-order valence-corrected chi connectivity index (χ2v) is 7.72. The second kappa shape index (κ2) is 6.53. The summed E-state index contributed by atoms with van der Waals surface area (Å²) in [5.41, 5.74) is -2.35. The fourth-order valence-corrected chi connectivity index (χ4v) is 3.28. The number of alkyl halides is 1. The first-order valence-electron chi connectivity index (χ1n) is 8.21. The van der Waals surface area contributed by atoms with Crippen LogP contribution in [0.5, 0.6) is 0 Å². The van der Waals surface area contributed by atoms with E-state index >= 15 is 0 Å². The quantitative estimate of drug-likeness (QED) is 0.881. The molecule has 0 radical (unpaired) electrons. The summed E-state index contributed by atoms with van der Waals surface area (Å²) in [6, 6.07) is 2.42. The van der Waals surface area contributed by atoms with Gasteiger partial charge in [-0.15, -0.1) is 11.8 Å². The van der Waals surface area contributed by atoms with E-state index in [-0.39, 0.29) is 28.6 Å². The van der Waals surface area contributed by atoms with E-state index in [9.17, 15) is 13.6 Å². The number of nitrogens with zero attached hydrogens (tertiary/aromatic N) is 4. The number of aromatic nitrogens is 3. The van der Waals surface area contributed by atoms with Gasteiger partial charge in [-0.05, 0) is 46.1 Å². The molecule has 0 amide bonds. The number of halogens is 2. The van der Waals surface area contributed by atoms with E-state index in [1.165, 1.54) is 48.6 Å². The molecule has 0 spiro atoms. The Morgan fingerprint density at radius 1 is 1.35 bits per heavy atom. The zero-order valence-electron chi connectivity index (χ0n) is 15.2. The van der Waals surface area contributed by atoms with Crippen molar-refractivity contribution in [2.45, 2.75) is 44.9 Å². The summed E-state index contributed by atoms with van der Waals surface area (Å²) in [6.07, 6.45) is 3.43. The maximum Gasteiger partial charge on any atom is 0.278 e. The Hall–Kier alpha value is -2.16. The van der Waals surface area contributed by atoms with Crippen molar-refractivity contribution in [3.05, 3.63) is 39.6 Å². The average Bonchev–Trinajstić information content (AvgIpc) is 2.86. The van der Waals surface area contributed by atoms with Gasteiger partial charge in [-0.25, -0.2) is 23.1 Å².